The molecule has 1 amide bonds. The smallest absolute Gasteiger partial charge is 0.264 e. The maximum Gasteiger partial charge on any atom is 0.264 e. The van der Waals surface area contributed by atoms with Crippen molar-refractivity contribution < 1.29 is 4.79 Å². The highest BCUT2D eigenvalue weighted by Crippen LogP contribution is 2.10. The first-order valence-electron chi connectivity index (χ1n) is 7.22. The summed E-state index contributed by atoms with van der Waals surface area (Å²) in [5.74, 6) is -0.356. The van der Waals surface area contributed by atoms with E-state index in [1.165, 1.54) is 32.8 Å². The summed E-state index contributed by atoms with van der Waals surface area (Å²) in [6.07, 6.45) is 4.31. The zero-order chi connectivity index (χ0) is 16.7. The van der Waals surface area contributed by atoms with E-state index in [9.17, 15) is 9.59 Å². The molecule has 0 fully saturated rings. The summed E-state index contributed by atoms with van der Waals surface area (Å²) in [4.78, 5) is 33.0. The van der Waals surface area contributed by atoms with E-state index in [0.29, 0.717) is 11.0 Å². The summed E-state index contributed by atoms with van der Waals surface area (Å²) >= 11 is 0. The summed E-state index contributed by atoms with van der Waals surface area (Å²) in [5.41, 5.74) is 4.43. The first-order chi connectivity index (χ1) is 11.6. The lowest BCUT2D eigenvalue weighted by molar-refractivity contribution is -0.117. The Bertz CT molecular complexity index is 1120. The number of aryl methyl sites for hydroxylation is 1. The first kappa shape index (κ1) is 14.1. The molecule has 1 N–H and O–H groups in total. The molecule has 1 aromatic carbocycles. The maximum atomic E-state index is 12.4. The molecule has 0 saturated heterocycles. The van der Waals surface area contributed by atoms with Crippen LogP contribution in [0, 0.1) is 0 Å². The Morgan fingerprint density at radius 1 is 1.21 bits per heavy atom. The lowest BCUT2D eigenvalue weighted by Gasteiger charge is -2.08. The molecule has 0 radical (unpaired) electrons. The zero-order valence-electron chi connectivity index (χ0n) is 12.7. The van der Waals surface area contributed by atoms with E-state index in [4.69, 9.17) is 0 Å². The number of para-hydroxylation sites is 2. The number of carbonyl (C=O) groups is 1. The van der Waals surface area contributed by atoms with Gasteiger partial charge in [-0.05, 0) is 12.1 Å². The van der Waals surface area contributed by atoms with E-state index in [0.717, 1.165) is 11.0 Å². The Morgan fingerprint density at radius 3 is 2.92 bits per heavy atom. The number of fused-ring (bicyclic) bond motifs is 2. The first-order valence-corrected chi connectivity index (χ1v) is 7.22. The van der Waals surface area contributed by atoms with E-state index < -0.39 is 0 Å². The molecule has 0 unspecified atom stereocenters. The minimum Gasteiger partial charge on any atom is -0.289 e. The third kappa shape index (κ3) is 2.22. The fourth-order valence-electron chi connectivity index (χ4n) is 2.55. The fraction of sp³-hybridized carbons (Fsp3) is 0.133. The number of nitrogens with one attached hydrogen (secondary N) is 1. The molecule has 120 valence electrons. The highest BCUT2D eigenvalue weighted by atomic mass is 16.2. The maximum absolute atomic E-state index is 12.4. The number of rotatable bonds is 3. The molecule has 9 heteroatoms. The van der Waals surface area contributed by atoms with Gasteiger partial charge in [0, 0.05) is 7.05 Å². The van der Waals surface area contributed by atoms with Crippen LogP contribution in [0.5, 0.6) is 0 Å². The Balaban J connectivity index is 1.60. The molecule has 0 aliphatic heterocycles. The molecule has 4 aromatic rings. The van der Waals surface area contributed by atoms with E-state index in [2.05, 4.69) is 20.5 Å². The fourth-order valence-corrected chi connectivity index (χ4v) is 2.55. The number of amides is 1. The number of carbonyl (C=O) groups excluding carboxylic acids is 1. The van der Waals surface area contributed by atoms with Crippen molar-refractivity contribution in [3.63, 3.8) is 0 Å². The summed E-state index contributed by atoms with van der Waals surface area (Å²) in [7, 11) is 1.70. The van der Waals surface area contributed by atoms with Crippen LogP contribution in [0.4, 0.5) is 0 Å². The third-order valence-corrected chi connectivity index (χ3v) is 3.73. The lowest BCUT2D eigenvalue weighted by atomic mass is 10.3. The van der Waals surface area contributed by atoms with E-state index in [1.807, 2.05) is 24.3 Å². The molecule has 24 heavy (non-hydrogen) atoms. The monoisotopic (exact) mass is 323 g/mol. The van der Waals surface area contributed by atoms with Gasteiger partial charge in [0.15, 0.2) is 5.65 Å². The number of aromatic nitrogens is 6. The summed E-state index contributed by atoms with van der Waals surface area (Å²) in [6.45, 7) is -0.150. The van der Waals surface area contributed by atoms with Crippen molar-refractivity contribution in [3.8, 4) is 0 Å². The molecule has 9 nitrogen and oxygen atoms in total. The highest BCUT2D eigenvalue weighted by Gasteiger charge is 2.11. The number of hydrogen-bond donors (Lipinski definition) is 1. The second-order valence-corrected chi connectivity index (χ2v) is 5.32. The van der Waals surface area contributed by atoms with Gasteiger partial charge in [-0.25, -0.2) is 14.6 Å². The van der Waals surface area contributed by atoms with Gasteiger partial charge in [-0.1, -0.05) is 12.1 Å². The van der Waals surface area contributed by atoms with Gasteiger partial charge in [0.1, 0.15) is 24.6 Å². The Morgan fingerprint density at radius 2 is 2.04 bits per heavy atom. The molecule has 0 aliphatic carbocycles. The number of imidazole rings is 1. The van der Waals surface area contributed by atoms with E-state index in [-0.39, 0.29) is 18.0 Å². The van der Waals surface area contributed by atoms with Crippen molar-refractivity contribution in [2.24, 2.45) is 7.05 Å². The van der Waals surface area contributed by atoms with Crippen molar-refractivity contribution in [1.82, 2.24) is 29.0 Å². The van der Waals surface area contributed by atoms with Gasteiger partial charge in [0.25, 0.3) is 11.5 Å². The minimum atomic E-state index is -0.356. The Kier molecular flexibility index (Phi) is 3.12. The summed E-state index contributed by atoms with van der Waals surface area (Å²) in [5, 5.41) is 4.38. The summed E-state index contributed by atoms with van der Waals surface area (Å²) < 4.78 is 4.29. The standard InChI is InChI=1S/C15H13N7O2/c1-20-14-10(6-18-20)15(24)21(8-17-14)7-13(23)19-22-9-16-11-4-2-3-5-12(11)22/h2-6,8-9H,7H2,1H3,(H,19,23). The van der Waals surface area contributed by atoms with Crippen LogP contribution < -0.4 is 11.0 Å². The molecule has 3 heterocycles. The molecule has 0 atom stereocenters. The van der Waals surface area contributed by atoms with Crippen LogP contribution in [0.1, 0.15) is 0 Å². The van der Waals surface area contributed by atoms with Crippen LogP contribution >= 0.6 is 0 Å². The Hall–Kier alpha value is -3.49. The van der Waals surface area contributed by atoms with Crippen LogP contribution in [-0.4, -0.2) is 34.9 Å². The lowest BCUT2D eigenvalue weighted by Crippen LogP contribution is -2.31. The van der Waals surface area contributed by atoms with Gasteiger partial charge in [-0.3, -0.25) is 24.3 Å². The number of hydrogen-bond acceptors (Lipinski definition) is 5. The van der Waals surface area contributed by atoms with E-state index >= 15 is 0 Å². The van der Waals surface area contributed by atoms with Crippen LogP contribution in [0.2, 0.25) is 0 Å². The Labute approximate surface area is 135 Å². The molecular formula is C15H13N7O2. The second-order valence-electron chi connectivity index (χ2n) is 5.32. The average molecular weight is 323 g/mol. The van der Waals surface area contributed by atoms with Crippen molar-refractivity contribution >= 4 is 28.0 Å². The number of nitrogens with zero attached hydrogens (tertiary/aromatic N) is 6. The number of benzene rings is 1. The summed E-state index contributed by atoms with van der Waals surface area (Å²) in [6, 6.07) is 7.42. The quantitative estimate of drug-likeness (QED) is 0.582. The molecule has 0 bridgehead atoms. The van der Waals surface area contributed by atoms with Gasteiger partial charge < -0.3 is 0 Å². The molecule has 4 rings (SSSR count). The predicted octanol–water partition coefficient (Wildman–Crippen LogP) is 0.250. The van der Waals surface area contributed by atoms with Crippen LogP contribution in [0.25, 0.3) is 22.1 Å². The molecular weight excluding hydrogens is 310 g/mol. The topological polar surface area (TPSA) is 99.6 Å². The van der Waals surface area contributed by atoms with Crippen molar-refractivity contribution in [3.05, 3.63) is 53.5 Å². The largest absolute Gasteiger partial charge is 0.289 e. The molecule has 0 spiro atoms. The van der Waals surface area contributed by atoms with Gasteiger partial charge in [-0.15, -0.1) is 0 Å². The van der Waals surface area contributed by atoms with Crippen LogP contribution in [0.3, 0.4) is 0 Å². The van der Waals surface area contributed by atoms with Gasteiger partial charge in [-0.2, -0.15) is 5.10 Å². The SMILES string of the molecule is Cn1ncc2c(=O)n(CC(=O)Nn3cnc4ccccc43)cnc21. The van der Waals surface area contributed by atoms with Gasteiger partial charge in [0.2, 0.25) is 0 Å². The van der Waals surface area contributed by atoms with Gasteiger partial charge >= 0.3 is 0 Å². The molecule has 0 saturated carbocycles. The van der Waals surface area contributed by atoms with Crippen LogP contribution in [-0.2, 0) is 18.4 Å². The van der Waals surface area contributed by atoms with E-state index in [1.54, 1.807) is 7.05 Å². The zero-order valence-corrected chi connectivity index (χ0v) is 12.7. The predicted molar refractivity (Wildman–Crippen MR) is 86.9 cm³/mol. The average Bonchev–Trinajstić information content (AvgIpc) is 3.15. The van der Waals surface area contributed by atoms with Crippen molar-refractivity contribution in [2.45, 2.75) is 6.54 Å². The third-order valence-electron chi connectivity index (χ3n) is 3.73. The highest BCUT2D eigenvalue weighted by molar-refractivity contribution is 5.86. The van der Waals surface area contributed by atoms with Crippen LogP contribution in [0.15, 0.2) is 47.9 Å². The van der Waals surface area contributed by atoms with Crippen molar-refractivity contribution in [2.75, 3.05) is 5.43 Å². The molecule has 0 aliphatic rings. The minimum absolute atomic E-state index is 0.150. The van der Waals surface area contributed by atoms with Crippen molar-refractivity contribution in [1.29, 1.82) is 0 Å². The second kappa shape index (κ2) is 5.30. The molecule has 3 aromatic heterocycles. The van der Waals surface area contributed by atoms with Gasteiger partial charge in [0.05, 0.1) is 17.2 Å². The normalized spacial score (nSPS) is 11.2.